The maximum Gasteiger partial charge on any atom is 0.241 e. The smallest absolute Gasteiger partial charge is 0.241 e. The van der Waals surface area contributed by atoms with Gasteiger partial charge in [-0.3, -0.25) is 4.79 Å². The summed E-state index contributed by atoms with van der Waals surface area (Å²) < 4.78 is 28.0. The number of hydrogen-bond acceptors (Lipinski definition) is 4. The first-order chi connectivity index (χ1) is 11.7. The quantitative estimate of drug-likeness (QED) is 0.766. The van der Waals surface area contributed by atoms with Gasteiger partial charge >= 0.3 is 0 Å². The van der Waals surface area contributed by atoms with Crippen molar-refractivity contribution in [3.8, 4) is 0 Å². The molecule has 2 atom stereocenters. The molecule has 1 heterocycles. The first kappa shape index (κ1) is 19.9. The monoisotopic (exact) mass is 367 g/mol. The average Bonchev–Trinajstić information content (AvgIpc) is 3.07. The second-order valence-corrected chi connectivity index (χ2v) is 8.93. The van der Waals surface area contributed by atoms with Crippen LogP contribution in [0.15, 0.2) is 29.2 Å². The van der Waals surface area contributed by atoms with Crippen molar-refractivity contribution in [3.63, 3.8) is 0 Å². The minimum Gasteiger partial charge on any atom is -0.340 e. The predicted molar refractivity (Wildman–Crippen MR) is 98.8 cm³/mol. The molecule has 2 N–H and O–H groups in total. The Bertz CT molecular complexity index is 680. The SMILES string of the molecule is Cc1ccc(S(=O)(=O)NC(CC(C)C)C(=O)N(C)C2CCNC2)cc1. The molecular weight excluding hydrogens is 338 g/mol. The van der Waals surface area contributed by atoms with E-state index in [1.54, 1.807) is 36.2 Å². The Morgan fingerprint density at radius 1 is 1.32 bits per heavy atom. The lowest BCUT2D eigenvalue weighted by Gasteiger charge is -2.29. The van der Waals surface area contributed by atoms with E-state index in [0.717, 1.165) is 25.1 Å². The van der Waals surface area contributed by atoms with Crippen molar-refractivity contribution in [3.05, 3.63) is 29.8 Å². The summed E-state index contributed by atoms with van der Waals surface area (Å²) in [6.07, 6.45) is 1.36. The van der Waals surface area contributed by atoms with Gasteiger partial charge in [-0.2, -0.15) is 4.72 Å². The molecule has 2 unspecified atom stereocenters. The molecular formula is C18H29N3O3S. The number of likely N-dealkylation sites (N-methyl/N-ethyl adjacent to an activating group) is 1. The molecule has 1 aromatic rings. The number of carbonyl (C=O) groups excluding carboxylic acids is 1. The minimum atomic E-state index is -3.74. The molecule has 0 bridgehead atoms. The van der Waals surface area contributed by atoms with Crippen LogP contribution in [0, 0.1) is 12.8 Å². The summed E-state index contributed by atoms with van der Waals surface area (Å²) in [5.41, 5.74) is 0.988. The fourth-order valence-corrected chi connectivity index (χ4v) is 4.24. The highest BCUT2D eigenvalue weighted by Gasteiger charge is 2.32. The summed E-state index contributed by atoms with van der Waals surface area (Å²) in [5.74, 6) is 0.0304. The van der Waals surface area contributed by atoms with Gasteiger partial charge in [0.1, 0.15) is 6.04 Å². The van der Waals surface area contributed by atoms with Crippen LogP contribution in [0.5, 0.6) is 0 Å². The molecule has 0 radical (unpaired) electrons. The van der Waals surface area contributed by atoms with E-state index in [-0.39, 0.29) is 22.8 Å². The summed E-state index contributed by atoms with van der Waals surface area (Å²) in [4.78, 5) is 14.8. The fraction of sp³-hybridized carbons (Fsp3) is 0.611. The van der Waals surface area contributed by atoms with Crippen LogP contribution in [0.4, 0.5) is 0 Å². The third kappa shape index (κ3) is 5.26. The van der Waals surface area contributed by atoms with Crippen molar-refractivity contribution in [2.75, 3.05) is 20.1 Å². The zero-order valence-electron chi connectivity index (χ0n) is 15.5. The van der Waals surface area contributed by atoms with Gasteiger partial charge in [0.25, 0.3) is 0 Å². The summed E-state index contributed by atoms with van der Waals surface area (Å²) in [7, 11) is -1.98. The first-order valence-electron chi connectivity index (χ1n) is 8.77. The van der Waals surface area contributed by atoms with Crippen LogP contribution in [-0.2, 0) is 14.8 Å². The lowest BCUT2D eigenvalue weighted by Crippen LogP contribution is -2.51. The third-order valence-electron chi connectivity index (χ3n) is 4.56. The molecule has 0 aliphatic carbocycles. The van der Waals surface area contributed by atoms with Crippen LogP contribution in [0.3, 0.4) is 0 Å². The molecule has 140 valence electrons. The van der Waals surface area contributed by atoms with E-state index in [1.165, 1.54) is 0 Å². The summed E-state index contributed by atoms with van der Waals surface area (Å²) in [6, 6.07) is 6.01. The Hall–Kier alpha value is -1.44. The second-order valence-electron chi connectivity index (χ2n) is 7.21. The standard InChI is InChI=1S/C18H29N3O3S/c1-13(2)11-17(18(22)21(4)15-9-10-19-12-15)20-25(23,24)16-7-5-14(3)6-8-16/h5-8,13,15,17,19-20H,9-12H2,1-4H3. The largest absolute Gasteiger partial charge is 0.340 e. The van der Waals surface area contributed by atoms with Gasteiger partial charge in [0.05, 0.1) is 4.90 Å². The Kier molecular flexibility index (Phi) is 6.59. The van der Waals surface area contributed by atoms with E-state index >= 15 is 0 Å². The molecule has 1 aliphatic heterocycles. The normalized spacial score (nSPS) is 19.2. The van der Waals surface area contributed by atoms with Gasteiger partial charge in [0.2, 0.25) is 15.9 Å². The molecule has 1 aliphatic rings. The number of benzene rings is 1. The van der Waals surface area contributed by atoms with Crippen molar-refractivity contribution in [2.24, 2.45) is 5.92 Å². The Labute approximate surface area is 151 Å². The lowest BCUT2D eigenvalue weighted by atomic mass is 10.0. The predicted octanol–water partition coefficient (Wildman–Crippen LogP) is 1.51. The highest BCUT2D eigenvalue weighted by atomic mass is 32.2. The molecule has 1 fully saturated rings. The number of nitrogens with zero attached hydrogens (tertiary/aromatic N) is 1. The molecule has 0 spiro atoms. The van der Waals surface area contributed by atoms with Gasteiger partial charge in [-0.05, 0) is 44.4 Å². The van der Waals surface area contributed by atoms with E-state index in [4.69, 9.17) is 0 Å². The van der Waals surface area contributed by atoms with Crippen molar-refractivity contribution in [1.29, 1.82) is 0 Å². The molecule has 1 saturated heterocycles. The Morgan fingerprint density at radius 3 is 2.48 bits per heavy atom. The van der Waals surface area contributed by atoms with E-state index in [1.807, 2.05) is 20.8 Å². The van der Waals surface area contributed by atoms with E-state index in [9.17, 15) is 13.2 Å². The zero-order chi connectivity index (χ0) is 18.6. The van der Waals surface area contributed by atoms with Gasteiger partial charge in [-0.15, -0.1) is 0 Å². The van der Waals surface area contributed by atoms with Crippen molar-refractivity contribution >= 4 is 15.9 Å². The molecule has 0 saturated carbocycles. The zero-order valence-corrected chi connectivity index (χ0v) is 16.3. The van der Waals surface area contributed by atoms with Crippen molar-refractivity contribution in [2.45, 2.75) is 50.6 Å². The number of sulfonamides is 1. The van der Waals surface area contributed by atoms with Crippen LogP contribution >= 0.6 is 0 Å². The molecule has 1 aromatic carbocycles. The minimum absolute atomic E-state index is 0.117. The fourth-order valence-electron chi connectivity index (χ4n) is 3.04. The Balaban J connectivity index is 2.18. The number of aryl methyl sites for hydroxylation is 1. The molecule has 1 amide bonds. The number of hydrogen-bond donors (Lipinski definition) is 2. The molecule has 6 nitrogen and oxygen atoms in total. The number of carbonyl (C=O) groups is 1. The maximum absolute atomic E-state index is 12.9. The summed E-state index contributed by atoms with van der Waals surface area (Å²) in [6.45, 7) is 7.50. The van der Waals surface area contributed by atoms with Crippen LogP contribution in [-0.4, -0.2) is 51.4 Å². The van der Waals surface area contributed by atoms with Crippen LogP contribution < -0.4 is 10.0 Å². The van der Waals surface area contributed by atoms with Crippen molar-refractivity contribution in [1.82, 2.24) is 14.9 Å². The van der Waals surface area contributed by atoms with Gasteiger partial charge in [-0.1, -0.05) is 31.5 Å². The summed E-state index contributed by atoms with van der Waals surface area (Å²) >= 11 is 0. The van der Waals surface area contributed by atoms with E-state index in [2.05, 4.69) is 10.0 Å². The van der Waals surface area contributed by atoms with Crippen molar-refractivity contribution < 1.29 is 13.2 Å². The molecule has 2 rings (SSSR count). The maximum atomic E-state index is 12.9. The van der Waals surface area contributed by atoms with Gasteiger partial charge in [0, 0.05) is 19.6 Å². The van der Waals surface area contributed by atoms with E-state index in [0.29, 0.717) is 6.42 Å². The highest BCUT2D eigenvalue weighted by molar-refractivity contribution is 7.89. The number of nitrogens with one attached hydrogen (secondary N) is 2. The van der Waals surface area contributed by atoms with Gasteiger partial charge in [0.15, 0.2) is 0 Å². The number of rotatable bonds is 7. The average molecular weight is 368 g/mol. The second kappa shape index (κ2) is 8.29. The van der Waals surface area contributed by atoms with Crippen LogP contribution in [0.1, 0.15) is 32.3 Å². The summed E-state index contributed by atoms with van der Waals surface area (Å²) in [5, 5.41) is 3.23. The topological polar surface area (TPSA) is 78.5 Å². The lowest BCUT2D eigenvalue weighted by molar-refractivity contribution is -0.133. The van der Waals surface area contributed by atoms with E-state index < -0.39 is 16.1 Å². The highest BCUT2D eigenvalue weighted by Crippen LogP contribution is 2.16. The Morgan fingerprint density at radius 2 is 1.96 bits per heavy atom. The molecule has 25 heavy (non-hydrogen) atoms. The molecule has 7 heteroatoms. The third-order valence-corrected chi connectivity index (χ3v) is 6.05. The number of amides is 1. The molecule has 0 aromatic heterocycles. The van der Waals surface area contributed by atoms with Crippen LogP contribution in [0.2, 0.25) is 0 Å². The first-order valence-corrected chi connectivity index (χ1v) is 10.3. The van der Waals surface area contributed by atoms with Gasteiger partial charge < -0.3 is 10.2 Å². The van der Waals surface area contributed by atoms with Crippen LogP contribution in [0.25, 0.3) is 0 Å². The van der Waals surface area contributed by atoms with Gasteiger partial charge in [-0.25, -0.2) is 8.42 Å².